The van der Waals surface area contributed by atoms with Gasteiger partial charge in [-0.3, -0.25) is 0 Å². The molecular formula is C22H21N. The van der Waals surface area contributed by atoms with Crippen LogP contribution < -0.4 is 15.8 Å². The van der Waals surface area contributed by atoms with Crippen LogP contribution in [0.15, 0.2) is 55.7 Å². The minimum atomic E-state index is 1.15. The third-order valence-electron chi connectivity index (χ3n) is 4.16. The van der Waals surface area contributed by atoms with Crippen LogP contribution >= 0.6 is 0 Å². The van der Waals surface area contributed by atoms with Crippen molar-refractivity contribution in [2.24, 2.45) is 0 Å². The largest absolute Gasteiger partial charge is 0.308 e. The van der Waals surface area contributed by atoms with Gasteiger partial charge in [0.1, 0.15) is 0 Å². The Morgan fingerprint density at radius 3 is 2.35 bits per heavy atom. The van der Waals surface area contributed by atoms with E-state index in [9.17, 15) is 0 Å². The van der Waals surface area contributed by atoms with E-state index in [2.05, 4.69) is 86.1 Å². The van der Waals surface area contributed by atoms with Crippen molar-refractivity contribution < 1.29 is 0 Å². The average Bonchev–Trinajstić information content (AvgIpc) is 3.03. The molecule has 2 aromatic heterocycles. The first-order chi connectivity index (χ1) is 11.3. The van der Waals surface area contributed by atoms with Crippen LogP contribution in [0.4, 0.5) is 0 Å². The maximum absolute atomic E-state index is 3.89. The van der Waals surface area contributed by atoms with Crippen molar-refractivity contribution in [3.63, 3.8) is 0 Å². The zero-order chi connectivity index (χ0) is 16.4. The van der Waals surface area contributed by atoms with Gasteiger partial charge in [-0.1, -0.05) is 67.8 Å². The predicted octanol–water partition coefficient (Wildman–Crippen LogP) is 3.58. The number of benzene rings is 1. The van der Waals surface area contributed by atoms with E-state index in [4.69, 9.17) is 0 Å². The number of rotatable bonds is 3. The Balaban J connectivity index is 2.82. The number of fused-ring (bicyclic) bond motifs is 3. The number of allylic oxidation sites excluding steroid dienone is 3. The van der Waals surface area contributed by atoms with Gasteiger partial charge in [0.2, 0.25) is 0 Å². The monoisotopic (exact) mass is 299 g/mol. The van der Waals surface area contributed by atoms with E-state index in [1.165, 1.54) is 32.4 Å². The summed E-state index contributed by atoms with van der Waals surface area (Å²) in [5.74, 6) is 0. The molecule has 0 spiro atoms. The first-order valence-corrected chi connectivity index (χ1v) is 7.87. The molecule has 0 N–H and O–H groups in total. The van der Waals surface area contributed by atoms with Crippen molar-refractivity contribution in [2.45, 2.75) is 13.8 Å². The van der Waals surface area contributed by atoms with Crippen molar-refractivity contribution in [3.8, 4) is 0 Å². The molecule has 0 aliphatic rings. The Morgan fingerprint density at radius 1 is 0.957 bits per heavy atom. The Morgan fingerprint density at radius 2 is 1.70 bits per heavy atom. The molecule has 0 saturated carbocycles. The topological polar surface area (TPSA) is 4.41 Å². The fraction of sp³-hybridized carbons (Fsp3) is 0.0909. The summed E-state index contributed by atoms with van der Waals surface area (Å²) in [5.41, 5.74) is 3.72. The summed E-state index contributed by atoms with van der Waals surface area (Å²) >= 11 is 0. The molecule has 1 heteroatoms. The minimum Gasteiger partial charge on any atom is -0.308 e. The van der Waals surface area contributed by atoms with Gasteiger partial charge >= 0.3 is 0 Å². The molecule has 1 nitrogen and oxygen atoms in total. The molecule has 2 heterocycles. The fourth-order valence-corrected chi connectivity index (χ4v) is 3.36. The molecule has 0 saturated heterocycles. The van der Waals surface area contributed by atoms with Crippen molar-refractivity contribution in [2.75, 3.05) is 0 Å². The van der Waals surface area contributed by atoms with E-state index in [1.54, 1.807) is 0 Å². The third-order valence-corrected chi connectivity index (χ3v) is 4.16. The average molecular weight is 299 g/mol. The molecule has 0 fully saturated rings. The third kappa shape index (κ3) is 2.17. The Kier molecular flexibility index (Phi) is 4.03. The van der Waals surface area contributed by atoms with Gasteiger partial charge in [-0.05, 0) is 26.0 Å². The number of nitrogens with zero attached hydrogens (tertiary/aromatic N) is 1. The second kappa shape index (κ2) is 6.13. The summed E-state index contributed by atoms with van der Waals surface area (Å²) in [5, 5.41) is 4.85. The molecule has 23 heavy (non-hydrogen) atoms. The normalized spacial score (nSPS) is 14.6. The van der Waals surface area contributed by atoms with Gasteiger partial charge in [0.15, 0.2) is 0 Å². The molecule has 0 radical (unpaired) electrons. The Labute approximate surface area is 136 Å². The highest BCUT2D eigenvalue weighted by Crippen LogP contribution is 2.24. The standard InChI is InChI=1S/C22H21N/c1-5-11-17-16(8-4)22-19(12-6-2)18-14-9-10-15-21(18)23(22)20(17)13-7-3/h5-15H,1,3H2,2,4H3/b12-6-,16-8-,17-11?,20-13?. The van der Waals surface area contributed by atoms with Crippen molar-refractivity contribution in [1.29, 1.82) is 0 Å². The molecule has 0 bridgehead atoms. The number of hydrogen-bond acceptors (Lipinski definition) is 0. The van der Waals surface area contributed by atoms with Gasteiger partial charge in [-0.25, -0.2) is 0 Å². The lowest BCUT2D eigenvalue weighted by Crippen LogP contribution is -2.34. The van der Waals surface area contributed by atoms with Crippen LogP contribution in [0.25, 0.3) is 40.7 Å². The smallest absolute Gasteiger partial charge is 0.0617 e. The number of aromatic nitrogens is 1. The molecule has 114 valence electrons. The lowest BCUT2D eigenvalue weighted by atomic mass is 10.1. The van der Waals surface area contributed by atoms with Crippen LogP contribution in [-0.4, -0.2) is 4.40 Å². The van der Waals surface area contributed by atoms with Crippen LogP contribution in [0, 0.1) is 0 Å². The van der Waals surface area contributed by atoms with Crippen molar-refractivity contribution >= 4 is 40.7 Å². The molecule has 3 aromatic rings. The maximum atomic E-state index is 3.89. The first kappa shape index (κ1) is 15.1. The first-order valence-electron chi connectivity index (χ1n) is 7.87. The van der Waals surface area contributed by atoms with Crippen LogP contribution in [0.3, 0.4) is 0 Å². The summed E-state index contributed by atoms with van der Waals surface area (Å²) in [6.07, 6.45) is 14.3. The molecule has 0 amide bonds. The van der Waals surface area contributed by atoms with Gasteiger partial charge < -0.3 is 4.40 Å². The molecule has 0 aliphatic heterocycles. The highest BCUT2D eigenvalue weighted by atomic mass is 14.9. The molecular weight excluding hydrogens is 278 g/mol. The quantitative estimate of drug-likeness (QED) is 0.696. The summed E-state index contributed by atoms with van der Waals surface area (Å²) in [6.45, 7) is 11.9. The molecule has 0 unspecified atom stereocenters. The summed E-state index contributed by atoms with van der Waals surface area (Å²) < 4.78 is 2.33. The van der Waals surface area contributed by atoms with Crippen LogP contribution in [-0.2, 0) is 0 Å². The molecule has 1 aromatic carbocycles. The van der Waals surface area contributed by atoms with Gasteiger partial charge in [0, 0.05) is 21.4 Å². The van der Waals surface area contributed by atoms with Gasteiger partial charge in [-0.2, -0.15) is 0 Å². The van der Waals surface area contributed by atoms with Gasteiger partial charge in [-0.15, -0.1) is 0 Å². The fourth-order valence-electron chi connectivity index (χ4n) is 3.36. The van der Waals surface area contributed by atoms with Crippen molar-refractivity contribution in [1.82, 2.24) is 4.40 Å². The summed E-state index contributed by atoms with van der Waals surface area (Å²) in [7, 11) is 0. The van der Waals surface area contributed by atoms with Crippen LogP contribution in [0.5, 0.6) is 0 Å². The second-order valence-corrected chi connectivity index (χ2v) is 5.42. The van der Waals surface area contributed by atoms with E-state index < -0.39 is 0 Å². The maximum Gasteiger partial charge on any atom is 0.0617 e. The van der Waals surface area contributed by atoms with Crippen LogP contribution in [0.1, 0.15) is 19.4 Å². The Hall–Kier alpha value is -2.80. The SMILES string of the molecule is C=CC=c1c(=CC=C)n2c(c(/C=C\C)c3ccccc32)/c1=C\C. The molecule has 0 aliphatic carbocycles. The van der Waals surface area contributed by atoms with E-state index in [0.29, 0.717) is 0 Å². The minimum absolute atomic E-state index is 1.15. The van der Waals surface area contributed by atoms with Crippen molar-refractivity contribution in [3.05, 3.63) is 77.0 Å². The zero-order valence-electron chi connectivity index (χ0n) is 13.7. The number of hydrogen-bond donors (Lipinski definition) is 0. The van der Waals surface area contributed by atoms with E-state index in [0.717, 1.165) is 5.35 Å². The molecule has 3 rings (SSSR count). The lowest BCUT2D eigenvalue weighted by Gasteiger charge is -1.93. The van der Waals surface area contributed by atoms with E-state index in [1.807, 2.05) is 12.2 Å². The highest BCUT2D eigenvalue weighted by molar-refractivity contribution is 5.99. The molecule has 0 atom stereocenters. The van der Waals surface area contributed by atoms with Gasteiger partial charge in [0.05, 0.1) is 16.4 Å². The van der Waals surface area contributed by atoms with E-state index >= 15 is 0 Å². The summed E-state index contributed by atoms with van der Waals surface area (Å²) in [6, 6.07) is 8.54. The lowest BCUT2D eigenvalue weighted by molar-refractivity contribution is 1.21. The highest BCUT2D eigenvalue weighted by Gasteiger charge is 2.13. The second-order valence-electron chi connectivity index (χ2n) is 5.42. The van der Waals surface area contributed by atoms with E-state index in [-0.39, 0.29) is 0 Å². The zero-order valence-corrected chi connectivity index (χ0v) is 13.7. The van der Waals surface area contributed by atoms with Crippen LogP contribution in [0.2, 0.25) is 0 Å². The van der Waals surface area contributed by atoms with Gasteiger partial charge in [0.25, 0.3) is 0 Å². The summed E-state index contributed by atoms with van der Waals surface area (Å²) in [4.78, 5) is 0. The predicted molar refractivity (Wildman–Crippen MR) is 104 cm³/mol. The number of para-hydroxylation sites is 1. The Bertz CT molecular complexity index is 1100.